The number of amides is 1. The lowest BCUT2D eigenvalue weighted by molar-refractivity contribution is 0.155. The average molecular weight is 358 g/mol. The van der Waals surface area contributed by atoms with Crippen LogP contribution in [0.2, 0.25) is 0 Å². The Bertz CT molecular complexity index is 1010. The van der Waals surface area contributed by atoms with Crippen LogP contribution in [0.4, 0.5) is 10.5 Å². The van der Waals surface area contributed by atoms with E-state index in [9.17, 15) is 4.79 Å². The topological polar surface area (TPSA) is 61.1 Å². The van der Waals surface area contributed by atoms with Gasteiger partial charge in [0.2, 0.25) is 0 Å². The molecule has 6 nitrogen and oxygen atoms in total. The third-order valence-electron chi connectivity index (χ3n) is 4.04. The van der Waals surface area contributed by atoms with Crippen molar-refractivity contribution in [3.8, 4) is 11.5 Å². The Balaban J connectivity index is 1.57. The number of aromatic nitrogens is 3. The molecule has 6 heteroatoms. The van der Waals surface area contributed by atoms with Gasteiger partial charge in [-0.2, -0.15) is 5.10 Å². The van der Waals surface area contributed by atoms with Crippen LogP contribution < -0.4 is 5.32 Å². The second-order valence-electron chi connectivity index (χ2n) is 5.91. The van der Waals surface area contributed by atoms with E-state index < -0.39 is 6.09 Å². The van der Waals surface area contributed by atoms with Crippen LogP contribution in [-0.2, 0) is 11.3 Å². The Kier molecular flexibility index (Phi) is 4.70. The standard InChI is InChI=1S/C21H18N4O2/c26-21(27-16-17-9-3-1-4-10-17)23-19-15-22-25(18-11-5-2-6-12-18)20(19)24-13-7-8-14-24/h1-15H,16H2,(H,23,26). The van der Waals surface area contributed by atoms with Crippen LogP contribution >= 0.6 is 0 Å². The number of hydrogen-bond acceptors (Lipinski definition) is 3. The van der Waals surface area contributed by atoms with Gasteiger partial charge < -0.3 is 9.30 Å². The van der Waals surface area contributed by atoms with Gasteiger partial charge >= 0.3 is 6.09 Å². The van der Waals surface area contributed by atoms with Crippen molar-refractivity contribution in [1.82, 2.24) is 14.3 Å². The summed E-state index contributed by atoms with van der Waals surface area (Å²) in [6.07, 6.45) is 4.89. The zero-order chi connectivity index (χ0) is 18.5. The summed E-state index contributed by atoms with van der Waals surface area (Å²) in [5.41, 5.74) is 2.39. The maximum Gasteiger partial charge on any atom is 0.412 e. The number of para-hydroxylation sites is 1. The fraction of sp³-hybridized carbons (Fsp3) is 0.0476. The number of anilines is 1. The first kappa shape index (κ1) is 16.7. The number of carbonyl (C=O) groups excluding carboxylic acids is 1. The zero-order valence-electron chi connectivity index (χ0n) is 14.5. The summed E-state index contributed by atoms with van der Waals surface area (Å²) >= 11 is 0. The van der Waals surface area contributed by atoms with Crippen LogP contribution in [0, 0.1) is 0 Å². The minimum Gasteiger partial charge on any atom is -0.444 e. The lowest BCUT2D eigenvalue weighted by Crippen LogP contribution is -2.15. The molecule has 1 amide bonds. The molecule has 0 aliphatic rings. The third-order valence-corrected chi connectivity index (χ3v) is 4.04. The number of rotatable bonds is 5. The number of hydrogen-bond donors (Lipinski definition) is 1. The highest BCUT2D eigenvalue weighted by Crippen LogP contribution is 2.24. The van der Waals surface area contributed by atoms with Gasteiger partial charge in [0.15, 0.2) is 5.82 Å². The molecule has 0 atom stereocenters. The largest absolute Gasteiger partial charge is 0.444 e. The second kappa shape index (κ2) is 7.61. The zero-order valence-corrected chi connectivity index (χ0v) is 14.5. The predicted molar refractivity (Wildman–Crippen MR) is 103 cm³/mol. The average Bonchev–Trinajstić information content (AvgIpc) is 3.37. The van der Waals surface area contributed by atoms with E-state index >= 15 is 0 Å². The lowest BCUT2D eigenvalue weighted by atomic mass is 10.2. The van der Waals surface area contributed by atoms with Crippen LogP contribution in [0.25, 0.3) is 11.5 Å². The van der Waals surface area contributed by atoms with Gasteiger partial charge in [-0.15, -0.1) is 0 Å². The fourth-order valence-electron chi connectivity index (χ4n) is 2.78. The summed E-state index contributed by atoms with van der Waals surface area (Å²) in [6, 6.07) is 23.1. The minimum atomic E-state index is -0.528. The van der Waals surface area contributed by atoms with Crippen LogP contribution in [0.3, 0.4) is 0 Å². The Morgan fingerprint density at radius 2 is 1.59 bits per heavy atom. The van der Waals surface area contributed by atoms with Gasteiger partial charge in [0.05, 0.1) is 11.9 Å². The summed E-state index contributed by atoms with van der Waals surface area (Å²) in [4.78, 5) is 12.3. The quantitative estimate of drug-likeness (QED) is 0.575. The van der Waals surface area contributed by atoms with Crippen molar-refractivity contribution in [2.45, 2.75) is 6.61 Å². The molecule has 0 radical (unpaired) electrons. The van der Waals surface area contributed by atoms with Crippen molar-refractivity contribution >= 4 is 11.8 Å². The molecule has 27 heavy (non-hydrogen) atoms. The van der Waals surface area contributed by atoms with Crippen LogP contribution in [-0.4, -0.2) is 20.4 Å². The number of carbonyl (C=O) groups is 1. The monoisotopic (exact) mass is 358 g/mol. The Morgan fingerprint density at radius 3 is 2.30 bits per heavy atom. The van der Waals surface area contributed by atoms with Gasteiger partial charge in [-0.1, -0.05) is 48.5 Å². The number of ether oxygens (including phenoxy) is 1. The highest BCUT2D eigenvalue weighted by atomic mass is 16.5. The van der Waals surface area contributed by atoms with E-state index in [-0.39, 0.29) is 6.61 Å². The number of benzene rings is 2. The van der Waals surface area contributed by atoms with E-state index in [1.165, 1.54) is 0 Å². The third kappa shape index (κ3) is 3.74. The molecule has 2 heterocycles. The van der Waals surface area contributed by atoms with E-state index in [2.05, 4.69) is 10.4 Å². The fourth-order valence-corrected chi connectivity index (χ4v) is 2.78. The second-order valence-corrected chi connectivity index (χ2v) is 5.91. The van der Waals surface area contributed by atoms with Gasteiger partial charge in [-0.05, 0) is 29.8 Å². The Hall–Kier alpha value is -3.80. The van der Waals surface area contributed by atoms with Crippen molar-refractivity contribution in [3.63, 3.8) is 0 Å². The molecule has 1 N–H and O–H groups in total. The molecule has 2 aromatic carbocycles. The molecular formula is C21H18N4O2. The molecule has 0 unspecified atom stereocenters. The van der Waals surface area contributed by atoms with Crippen molar-refractivity contribution in [1.29, 1.82) is 0 Å². The molecule has 4 rings (SSSR count). The van der Waals surface area contributed by atoms with Gasteiger partial charge in [0.25, 0.3) is 0 Å². The molecule has 2 aromatic heterocycles. The van der Waals surface area contributed by atoms with E-state index in [0.29, 0.717) is 5.69 Å². The maximum absolute atomic E-state index is 12.3. The van der Waals surface area contributed by atoms with Gasteiger partial charge in [-0.25, -0.2) is 9.48 Å². The molecule has 0 fully saturated rings. The smallest absolute Gasteiger partial charge is 0.412 e. The van der Waals surface area contributed by atoms with Crippen LogP contribution in [0.5, 0.6) is 0 Å². The Morgan fingerprint density at radius 1 is 0.926 bits per heavy atom. The number of nitrogens with one attached hydrogen (secondary N) is 1. The predicted octanol–water partition coefficient (Wildman–Crippen LogP) is 4.41. The highest BCUT2D eigenvalue weighted by Gasteiger charge is 2.16. The van der Waals surface area contributed by atoms with E-state index in [1.807, 2.05) is 89.8 Å². The maximum atomic E-state index is 12.3. The highest BCUT2D eigenvalue weighted by molar-refractivity contribution is 5.87. The van der Waals surface area contributed by atoms with Gasteiger partial charge in [0, 0.05) is 12.4 Å². The van der Waals surface area contributed by atoms with Crippen LogP contribution in [0.15, 0.2) is 91.4 Å². The normalized spacial score (nSPS) is 10.5. The summed E-state index contributed by atoms with van der Waals surface area (Å²) in [5, 5.41) is 7.23. The summed E-state index contributed by atoms with van der Waals surface area (Å²) < 4.78 is 8.99. The summed E-state index contributed by atoms with van der Waals surface area (Å²) in [7, 11) is 0. The molecule has 0 saturated heterocycles. The molecule has 0 aliphatic heterocycles. The van der Waals surface area contributed by atoms with Crippen molar-refractivity contribution in [2.75, 3.05) is 5.32 Å². The van der Waals surface area contributed by atoms with E-state index in [1.54, 1.807) is 10.9 Å². The molecule has 0 saturated carbocycles. The van der Waals surface area contributed by atoms with E-state index in [0.717, 1.165) is 17.1 Å². The first-order valence-corrected chi connectivity index (χ1v) is 8.56. The first-order valence-electron chi connectivity index (χ1n) is 8.56. The summed E-state index contributed by atoms with van der Waals surface area (Å²) in [5.74, 6) is 0.725. The molecule has 0 aliphatic carbocycles. The Labute approximate surface area is 156 Å². The molecule has 0 spiro atoms. The molecular weight excluding hydrogens is 340 g/mol. The number of nitrogens with zero attached hydrogens (tertiary/aromatic N) is 3. The van der Waals surface area contributed by atoms with Gasteiger partial charge in [-0.3, -0.25) is 5.32 Å². The molecule has 134 valence electrons. The van der Waals surface area contributed by atoms with Crippen molar-refractivity contribution < 1.29 is 9.53 Å². The van der Waals surface area contributed by atoms with Crippen LogP contribution in [0.1, 0.15) is 5.56 Å². The minimum absolute atomic E-state index is 0.207. The van der Waals surface area contributed by atoms with Crippen molar-refractivity contribution in [3.05, 3.63) is 97.0 Å². The lowest BCUT2D eigenvalue weighted by Gasteiger charge is -2.12. The molecule has 0 bridgehead atoms. The van der Waals surface area contributed by atoms with Crippen molar-refractivity contribution in [2.24, 2.45) is 0 Å². The SMILES string of the molecule is O=C(Nc1cnn(-c2ccccc2)c1-n1cccc1)OCc1ccccc1. The summed E-state index contributed by atoms with van der Waals surface area (Å²) in [6.45, 7) is 0.207. The molecule has 4 aromatic rings. The van der Waals surface area contributed by atoms with Gasteiger partial charge in [0.1, 0.15) is 12.3 Å². The van der Waals surface area contributed by atoms with E-state index in [4.69, 9.17) is 4.74 Å². The first-order chi connectivity index (χ1) is 13.3.